The molecule has 0 unspecified atom stereocenters. The molecule has 2 atom stereocenters. The van der Waals surface area contributed by atoms with Gasteiger partial charge in [-0.15, -0.1) is 0 Å². The molecule has 38 heavy (non-hydrogen) atoms. The molecule has 3 aromatic heterocycles. The third-order valence-electron chi connectivity index (χ3n) is 8.00. The Morgan fingerprint density at radius 3 is 2.74 bits per heavy atom. The summed E-state index contributed by atoms with van der Waals surface area (Å²) < 4.78 is 18.8. The molecule has 0 bridgehead atoms. The van der Waals surface area contributed by atoms with Crippen LogP contribution in [0.1, 0.15) is 41.9 Å². The zero-order chi connectivity index (χ0) is 26.2. The van der Waals surface area contributed by atoms with Gasteiger partial charge in [0.05, 0.1) is 11.4 Å². The van der Waals surface area contributed by atoms with Gasteiger partial charge in [-0.25, -0.2) is 4.39 Å². The Balaban J connectivity index is 1.33. The highest BCUT2D eigenvalue weighted by molar-refractivity contribution is 5.86. The molecule has 2 aliphatic rings. The number of hydrogen-bond donors (Lipinski definition) is 1. The summed E-state index contributed by atoms with van der Waals surface area (Å²) >= 11 is 0. The molecule has 1 aliphatic heterocycles. The van der Waals surface area contributed by atoms with Gasteiger partial charge >= 0.3 is 0 Å². The maximum Gasteiger partial charge on any atom is 0.250 e. The maximum absolute atomic E-state index is 15.2. The Labute approximate surface area is 220 Å². The Hall–Kier alpha value is -3.78. The quantitative estimate of drug-likeness (QED) is 0.408. The molecule has 4 heterocycles. The van der Waals surface area contributed by atoms with Crippen molar-refractivity contribution in [3.8, 4) is 0 Å². The van der Waals surface area contributed by atoms with E-state index in [4.69, 9.17) is 0 Å². The van der Waals surface area contributed by atoms with E-state index in [-0.39, 0.29) is 35.2 Å². The van der Waals surface area contributed by atoms with E-state index in [1.54, 1.807) is 42.3 Å². The van der Waals surface area contributed by atoms with E-state index in [1.165, 1.54) is 6.07 Å². The van der Waals surface area contributed by atoms with Crippen molar-refractivity contribution >= 4 is 16.8 Å². The van der Waals surface area contributed by atoms with E-state index < -0.39 is 0 Å². The van der Waals surface area contributed by atoms with Gasteiger partial charge in [-0.2, -0.15) is 0 Å². The summed E-state index contributed by atoms with van der Waals surface area (Å²) in [4.78, 5) is 32.5. The van der Waals surface area contributed by atoms with Gasteiger partial charge in [0.15, 0.2) is 0 Å². The van der Waals surface area contributed by atoms with Crippen molar-refractivity contribution in [3.63, 3.8) is 0 Å². The first-order chi connectivity index (χ1) is 18.5. The highest BCUT2D eigenvalue weighted by atomic mass is 19.1. The van der Waals surface area contributed by atoms with Crippen LogP contribution in [0.4, 0.5) is 4.39 Å². The fourth-order valence-electron chi connectivity index (χ4n) is 5.81. The van der Waals surface area contributed by atoms with Gasteiger partial charge < -0.3 is 19.4 Å². The number of carbonyl (C=O) groups is 1. The Bertz CT molecular complexity index is 1520. The lowest BCUT2D eigenvalue weighted by molar-refractivity contribution is -0.138. The molecule has 6 rings (SSSR count). The lowest BCUT2D eigenvalue weighted by Gasteiger charge is -2.35. The van der Waals surface area contributed by atoms with E-state index >= 15 is 4.39 Å². The van der Waals surface area contributed by atoms with E-state index in [0.717, 1.165) is 48.0 Å². The number of halogens is 1. The number of carbonyl (C=O) groups excluding carboxylic acids is 1. The lowest BCUT2D eigenvalue weighted by atomic mass is 9.80. The van der Waals surface area contributed by atoms with Crippen LogP contribution >= 0.6 is 0 Å². The minimum absolute atomic E-state index is 0.0244. The third-order valence-corrected chi connectivity index (χ3v) is 8.00. The number of hydrogen-bond acceptors (Lipinski definition) is 4. The smallest absolute Gasteiger partial charge is 0.250 e. The summed E-state index contributed by atoms with van der Waals surface area (Å²) in [6.07, 6.45) is 10.00. The second-order valence-electron chi connectivity index (χ2n) is 10.6. The number of rotatable bonds is 7. The second-order valence-corrected chi connectivity index (χ2v) is 10.6. The first-order valence-electron chi connectivity index (χ1n) is 13.3. The summed E-state index contributed by atoms with van der Waals surface area (Å²) in [5, 5.41) is 3.96. The van der Waals surface area contributed by atoms with Gasteiger partial charge in [0.1, 0.15) is 5.82 Å². The molecule has 1 aliphatic carbocycles. The van der Waals surface area contributed by atoms with Gasteiger partial charge in [0, 0.05) is 69.0 Å². The highest BCUT2D eigenvalue weighted by Crippen LogP contribution is 2.37. The molecule has 196 valence electrons. The van der Waals surface area contributed by atoms with Crippen LogP contribution in [0.2, 0.25) is 0 Å². The molecule has 1 N–H and O–H groups in total. The summed E-state index contributed by atoms with van der Waals surface area (Å²) in [5.74, 6) is -0.488. The van der Waals surface area contributed by atoms with Crippen LogP contribution in [0.25, 0.3) is 10.9 Å². The minimum Gasteiger partial charge on any atom is -0.343 e. The second kappa shape index (κ2) is 10.2. The largest absolute Gasteiger partial charge is 0.343 e. The number of amides is 1. The van der Waals surface area contributed by atoms with Crippen molar-refractivity contribution in [2.24, 2.45) is 13.0 Å². The average Bonchev–Trinajstić information content (AvgIpc) is 3.72. The van der Waals surface area contributed by atoms with E-state index in [9.17, 15) is 9.59 Å². The van der Waals surface area contributed by atoms with Crippen LogP contribution in [0, 0.1) is 11.7 Å². The number of nitrogens with one attached hydrogen (secondary N) is 1. The first kappa shape index (κ1) is 24.6. The monoisotopic (exact) mass is 513 g/mol. The van der Waals surface area contributed by atoms with Crippen molar-refractivity contribution in [1.82, 2.24) is 24.3 Å². The molecule has 8 heteroatoms. The Morgan fingerprint density at radius 1 is 1.16 bits per heavy atom. The fraction of sp³-hybridized carbons (Fsp3) is 0.367. The van der Waals surface area contributed by atoms with Crippen molar-refractivity contribution in [3.05, 3.63) is 100 Å². The number of fused-ring (bicyclic) bond motifs is 1. The molecule has 0 radical (unpaired) electrons. The molecule has 1 aromatic carbocycles. The van der Waals surface area contributed by atoms with Crippen molar-refractivity contribution < 1.29 is 9.18 Å². The first-order valence-corrected chi connectivity index (χ1v) is 13.3. The summed E-state index contributed by atoms with van der Waals surface area (Å²) in [6, 6.07) is 12.9. The number of aryl methyl sites for hydroxylation is 1. The number of aromatic nitrogens is 3. The minimum atomic E-state index is -0.272. The van der Waals surface area contributed by atoms with E-state index in [1.807, 2.05) is 35.4 Å². The summed E-state index contributed by atoms with van der Waals surface area (Å²) in [5.41, 5.74) is 3.57. The van der Waals surface area contributed by atoms with Crippen molar-refractivity contribution in [2.75, 3.05) is 13.1 Å². The third kappa shape index (κ3) is 4.76. The molecule has 1 saturated heterocycles. The van der Waals surface area contributed by atoms with E-state index in [2.05, 4.69) is 14.9 Å². The highest BCUT2D eigenvalue weighted by Gasteiger charge is 2.40. The van der Waals surface area contributed by atoms with Gasteiger partial charge in [-0.1, -0.05) is 6.07 Å². The van der Waals surface area contributed by atoms with Crippen LogP contribution in [0.3, 0.4) is 0 Å². The zero-order valence-corrected chi connectivity index (χ0v) is 21.5. The molecule has 4 aromatic rings. The van der Waals surface area contributed by atoms with Crippen molar-refractivity contribution in [2.45, 2.75) is 44.3 Å². The summed E-state index contributed by atoms with van der Waals surface area (Å²) in [6.45, 7) is 2.34. The van der Waals surface area contributed by atoms with Crippen molar-refractivity contribution in [1.29, 1.82) is 0 Å². The number of benzene rings is 1. The van der Waals surface area contributed by atoms with Crippen LogP contribution in [0.15, 0.2) is 72.0 Å². The number of piperidine rings is 1. The molecule has 2 fully saturated rings. The average molecular weight is 514 g/mol. The van der Waals surface area contributed by atoms with Crippen LogP contribution in [0.5, 0.6) is 0 Å². The zero-order valence-electron chi connectivity index (χ0n) is 21.5. The number of pyridine rings is 2. The lowest BCUT2D eigenvalue weighted by Crippen LogP contribution is -2.47. The van der Waals surface area contributed by atoms with Gasteiger partial charge in [-0.3, -0.25) is 14.6 Å². The molecule has 1 amide bonds. The summed E-state index contributed by atoms with van der Waals surface area (Å²) in [7, 11) is 1.73. The molecule has 7 nitrogen and oxygen atoms in total. The molecular formula is C30H32FN5O2. The van der Waals surface area contributed by atoms with Gasteiger partial charge in [0.2, 0.25) is 5.91 Å². The SMILES string of the molecule is Cn1ccc([C@@H]2CCNC[C@H]2C(=O)N(Cc2cn(Cc3ccncc3)c3cccc(F)c23)C2CC2)cc1=O. The van der Waals surface area contributed by atoms with Crippen LogP contribution < -0.4 is 10.9 Å². The van der Waals surface area contributed by atoms with Crippen LogP contribution in [-0.4, -0.2) is 44.1 Å². The Morgan fingerprint density at radius 2 is 1.97 bits per heavy atom. The standard InChI is InChI=1S/C30H32FN5O2/c1-34-14-10-21(15-28(34)37)24-9-13-33-16-25(24)30(38)36(23-5-6-23)19-22-18-35(17-20-7-11-32-12-8-20)27-4-2-3-26(31)29(22)27/h2-4,7-8,10-12,14-15,18,23-25,33H,5-6,9,13,16-17,19H2,1H3/t24-,25+/m0/s1. The van der Waals surface area contributed by atoms with Crippen LogP contribution in [-0.2, 0) is 24.9 Å². The normalized spacial score (nSPS) is 19.5. The predicted molar refractivity (Wildman–Crippen MR) is 144 cm³/mol. The molecular weight excluding hydrogens is 481 g/mol. The number of nitrogens with zero attached hydrogens (tertiary/aromatic N) is 4. The maximum atomic E-state index is 15.2. The van der Waals surface area contributed by atoms with Gasteiger partial charge in [0.25, 0.3) is 5.56 Å². The Kier molecular flexibility index (Phi) is 6.57. The van der Waals surface area contributed by atoms with Gasteiger partial charge in [-0.05, 0) is 78.7 Å². The topological polar surface area (TPSA) is 72.2 Å². The molecule has 0 spiro atoms. The molecule has 1 saturated carbocycles. The predicted octanol–water partition coefficient (Wildman–Crippen LogP) is 3.81. The fourth-order valence-corrected chi connectivity index (χ4v) is 5.81. The van der Waals surface area contributed by atoms with E-state index in [0.29, 0.717) is 25.0 Å².